The third kappa shape index (κ3) is 2.37. The summed E-state index contributed by atoms with van der Waals surface area (Å²) in [6.07, 6.45) is -0.584. The minimum absolute atomic E-state index is 0.0909. The number of aromatic nitrogens is 2. The summed E-state index contributed by atoms with van der Waals surface area (Å²) in [6, 6.07) is -0.0909. The van der Waals surface area contributed by atoms with Gasteiger partial charge in [0.15, 0.2) is 11.5 Å². The van der Waals surface area contributed by atoms with Crippen molar-refractivity contribution in [2.24, 2.45) is 0 Å². The summed E-state index contributed by atoms with van der Waals surface area (Å²) in [7, 11) is 0. The summed E-state index contributed by atoms with van der Waals surface area (Å²) < 4.78 is 50.5. The molecule has 1 aromatic rings. The van der Waals surface area contributed by atoms with Gasteiger partial charge in [-0.2, -0.15) is 18.3 Å². The standard InChI is InChI=1S/C12H16F3N3O2/c13-12(14,15)10-9(16)7-18(17-10)8-1-3-11(4-2-8)19-5-6-20-11/h7-8H,1-6,16H2. The van der Waals surface area contributed by atoms with Crippen LogP contribution in [0.25, 0.3) is 0 Å². The second-order valence-electron chi connectivity index (χ2n) is 5.25. The normalized spacial score (nSPS) is 23.6. The molecule has 1 aliphatic carbocycles. The van der Waals surface area contributed by atoms with Gasteiger partial charge in [0, 0.05) is 19.0 Å². The molecule has 1 saturated heterocycles. The molecule has 0 bridgehead atoms. The maximum Gasteiger partial charge on any atom is 0.437 e. The summed E-state index contributed by atoms with van der Waals surface area (Å²) in [6.45, 7) is 1.16. The van der Waals surface area contributed by atoms with E-state index in [9.17, 15) is 13.2 Å². The summed E-state index contributed by atoms with van der Waals surface area (Å²) in [5.74, 6) is -0.526. The molecule has 112 valence electrons. The van der Waals surface area contributed by atoms with E-state index in [1.807, 2.05) is 0 Å². The minimum Gasteiger partial charge on any atom is -0.396 e. The van der Waals surface area contributed by atoms with Crippen LogP contribution in [0.2, 0.25) is 0 Å². The highest BCUT2D eigenvalue weighted by Gasteiger charge is 2.42. The predicted octanol–water partition coefficient (Wildman–Crippen LogP) is 2.34. The molecule has 2 fully saturated rings. The molecule has 1 spiro atoms. The second kappa shape index (κ2) is 4.63. The monoisotopic (exact) mass is 291 g/mol. The first kappa shape index (κ1) is 13.7. The van der Waals surface area contributed by atoms with Crippen molar-refractivity contribution in [3.63, 3.8) is 0 Å². The van der Waals surface area contributed by atoms with E-state index in [0.717, 1.165) is 0 Å². The number of nitrogens with two attached hydrogens (primary N) is 1. The Balaban J connectivity index is 1.72. The van der Waals surface area contributed by atoms with Gasteiger partial charge in [-0.15, -0.1) is 0 Å². The van der Waals surface area contributed by atoms with Crippen LogP contribution in [0.15, 0.2) is 6.20 Å². The SMILES string of the molecule is Nc1cn(C2CCC3(CC2)OCCO3)nc1C(F)(F)F. The summed E-state index contributed by atoms with van der Waals surface area (Å²) >= 11 is 0. The molecule has 2 N–H and O–H groups in total. The van der Waals surface area contributed by atoms with Crippen molar-refractivity contribution >= 4 is 5.69 Å². The van der Waals surface area contributed by atoms with Gasteiger partial charge >= 0.3 is 6.18 Å². The molecule has 2 aliphatic rings. The van der Waals surface area contributed by atoms with Gasteiger partial charge in [-0.25, -0.2) is 0 Å². The number of hydrogen-bond donors (Lipinski definition) is 1. The Bertz CT molecular complexity index is 485. The molecule has 5 nitrogen and oxygen atoms in total. The molecule has 1 aromatic heterocycles. The molecule has 2 heterocycles. The maximum absolute atomic E-state index is 12.7. The smallest absolute Gasteiger partial charge is 0.396 e. The van der Waals surface area contributed by atoms with Gasteiger partial charge in [-0.3, -0.25) is 4.68 Å². The molecule has 8 heteroatoms. The first-order valence-electron chi connectivity index (χ1n) is 6.59. The number of halogens is 3. The zero-order chi connectivity index (χ0) is 14.4. The van der Waals surface area contributed by atoms with E-state index >= 15 is 0 Å². The second-order valence-corrected chi connectivity index (χ2v) is 5.25. The van der Waals surface area contributed by atoms with Crippen LogP contribution < -0.4 is 5.73 Å². The van der Waals surface area contributed by atoms with Crippen LogP contribution in [0, 0.1) is 0 Å². The lowest BCUT2D eigenvalue weighted by Crippen LogP contribution is -2.36. The molecule has 0 aromatic carbocycles. The van der Waals surface area contributed by atoms with E-state index in [0.29, 0.717) is 38.9 Å². The molecular formula is C12H16F3N3O2. The lowest BCUT2D eigenvalue weighted by Gasteiger charge is -2.35. The number of anilines is 1. The molecule has 0 radical (unpaired) electrons. The molecule has 0 atom stereocenters. The van der Waals surface area contributed by atoms with E-state index in [-0.39, 0.29) is 11.7 Å². The minimum atomic E-state index is -4.51. The van der Waals surface area contributed by atoms with Crippen LogP contribution in [-0.2, 0) is 15.7 Å². The zero-order valence-corrected chi connectivity index (χ0v) is 10.8. The third-order valence-electron chi connectivity index (χ3n) is 3.93. The van der Waals surface area contributed by atoms with Crippen molar-refractivity contribution in [2.45, 2.75) is 43.7 Å². The van der Waals surface area contributed by atoms with Crippen molar-refractivity contribution < 1.29 is 22.6 Å². The predicted molar refractivity (Wildman–Crippen MR) is 63.8 cm³/mol. The Labute approximate surface area is 113 Å². The third-order valence-corrected chi connectivity index (χ3v) is 3.93. The largest absolute Gasteiger partial charge is 0.437 e. The number of alkyl halides is 3. The summed E-state index contributed by atoms with van der Waals surface area (Å²) in [5.41, 5.74) is 4.06. The van der Waals surface area contributed by atoms with E-state index in [2.05, 4.69) is 5.10 Å². The van der Waals surface area contributed by atoms with Crippen molar-refractivity contribution in [1.29, 1.82) is 0 Å². The highest BCUT2D eigenvalue weighted by atomic mass is 19.4. The summed E-state index contributed by atoms with van der Waals surface area (Å²) in [5, 5.41) is 3.60. The van der Waals surface area contributed by atoms with Gasteiger partial charge in [0.1, 0.15) is 0 Å². The van der Waals surface area contributed by atoms with Crippen LogP contribution in [0.4, 0.5) is 18.9 Å². The molecule has 0 amide bonds. The zero-order valence-electron chi connectivity index (χ0n) is 10.8. The van der Waals surface area contributed by atoms with Gasteiger partial charge in [0.25, 0.3) is 0 Å². The van der Waals surface area contributed by atoms with Crippen molar-refractivity contribution in [3.8, 4) is 0 Å². The molecule has 1 aliphatic heterocycles. The maximum atomic E-state index is 12.7. The van der Waals surface area contributed by atoms with Crippen molar-refractivity contribution in [1.82, 2.24) is 9.78 Å². The molecule has 1 saturated carbocycles. The van der Waals surface area contributed by atoms with E-state index in [1.165, 1.54) is 10.9 Å². The fraction of sp³-hybridized carbons (Fsp3) is 0.750. The topological polar surface area (TPSA) is 62.3 Å². The first-order chi connectivity index (χ1) is 9.40. The Morgan fingerprint density at radius 1 is 1.25 bits per heavy atom. The van der Waals surface area contributed by atoms with E-state index in [4.69, 9.17) is 15.2 Å². The Kier molecular flexibility index (Phi) is 3.17. The quantitative estimate of drug-likeness (QED) is 0.862. The first-order valence-corrected chi connectivity index (χ1v) is 6.59. The lowest BCUT2D eigenvalue weighted by molar-refractivity contribution is -0.182. The Morgan fingerprint density at radius 2 is 1.85 bits per heavy atom. The molecule has 0 unspecified atom stereocenters. The number of nitrogen functional groups attached to an aromatic ring is 1. The van der Waals surface area contributed by atoms with Crippen LogP contribution >= 0.6 is 0 Å². The van der Waals surface area contributed by atoms with Gasteiger partial charge < -0.3 is 15.2 Å². The molecule has 3 rings (SSSR count). The van der Waals surface area contributed by atoms with Crippen LogP contribution in [-0.4, -0.2) is 28.8 Å². The highest BCUT2D eigenvalue weighted by Crippen LogP contribution is 2.41. The average molecular weight is 291 g/mol. The Hall–Kier alpha value is -1.28. The van der Waals surface area contributed by atoms with Gasteiger partial charge in [-0.05, 0) is 12.8 Å². The number of rotatable bonds is 1. The fourth-order valence-electron chi connectivity index (χ4n) is 2.91. The number of hydrogen-bond acceptors (Lipinski definition) is 4. The van der Waals surface area contributed by atoms with E-state index in [1.54, 1.807) is 0 Å². The van der Waals surface area contributed by atoms with Gasteiger partial charge in [0.2, 0.25) is 0 Å². The van der Waals surface area contributed by atoms with E-state index < -0.39 is 17.7 Å². The van der Waals surface area contributed by atoms with Crippen LogP contribution in [0.1, 0.15) is 37.4 Å². The van der Waals surface area contributed by atoms with Crippen molar-refractivity contribution in [2.75, 3.05) is 18.9 Å². The van der Waals surface area contributed by atoms with Gasteiger partial charge in [0.05, 0.1) is 24.9 Å². The fourth-order valence-corrected chi connectivity index (χ4v) is 2.91. The average Bonchev–Trinajstić information content (AvgIpc) is 2.97. The number of ether oxygens (including phenoxy) is 2. The lowest BCUT2D eigenvalue weighted by atomic mass is 9.90. The molecular weight excluding hydrogens is 275 g/mol. The van der Waals surface area contributed by atoms with Crippen LogP contribution in [0.5, 0.6) is 0 Å². The Morgan fingerprint density at radius 3 is 2.35 bits per heavy atom. The number of nitrogens with zero attached hydrogens (tertiary/aromatic N) is 2. The summed E-state index contributed by atoms with van der Waals surface area (Å²) in [4.78, 5) is 0. The molecule has 20 heavy (non-hydrogen) atoms. The van der Waals surface area contributed by atoms with Gasteiger partial charge in [-0.1, -0.05) is 0 Å². The van der Waals surface area contributed by atoms with Crippen molar-refractivity contribution in [3.05, 3.63) is 11.9 Å². The van der Waals surface area contributed by atoms with Crippen LogP contribution in [0.3, 0.4) is 0 Å². The highest BCUT2D eigenvalue weighted by molar-refractivity contribution is 5.42.